The average Bonchev–Trinajstić information content (AvgIpc) is 3.35. The van der Waals surface area contributed by atoms with Crippen molar-refractivity contribution in [1.29, 1.82) is 0 Å². The third-order valence-corrected chi connectivity index (χ3v) is 4.40. The van der Waals surface area contributed by atoms with E-state index in [2.05, 4.69) is 20.4 Å². The Morgan fingerprint density at radius 3 is 2.66 bits per heavy atom. The third-order valence-electron chi connectivity index (χ3n) is 4.40. The van der Waals surface area contributed by atoms with Gasteiger partial charge in [0, 0.05) is 23.9 Å². The van der Waals surface area contributed by atoms with E-state index in [0.29, 0.717) is 28.8 Å². The molecule has 0 aliphatic carbocycles. The quantitative estimate of drug-likeness (QED) is 0.545. The molecule has 0 bridgehead atoms. The first-order chi connectivity index (χ1) is 14.1. The van der Waals surface area contributed by atoms with Gasteiger partial charge in [0.1, 0.15) is 23.9 Å². The molecule has 4 rings (SSSR count). The van der Waals surface area contributed by atoms with Crippen molar-refractivity contribution in [2.45, 2.75) is 20.0 Å². The molecule has 0 radical (unpaired) electrons. The van der Waals surface area contributed by atoms with Crippen LogP contribution in [0.4, 0.5) is 4.39 Å². The van der Waals surface area contributed by atoms with Crippen molar-refractivity contribution in [2.75, 3.05) is 0 Å². The van der Waals surface area contributed by atoms with E-state index >= 15 is 0 Å². The van der Waals surface area contributed by atoms with E-state index in [1.165, 1.54) is 6.07 Å². The number of nitrogens with one attached hydrogen (secondary N) is 1. The second-order valence-electron chi connectivity index (χ2n) is 6.46. The Morgan fingerprint density at radius 2 is 1.86 bits per heavy atom. The molecule has 0 saturated heterocycles. The van der Waals surface area contributed by atoms with E-state index < -0.39 is 0 Å². The van der Waals surface area contributed by atoms with Crippen molar-refractivity contribution in [3.8, 4) is 23.0 Å². The summed E-state index contributed by atoms with van der Waals surface area (Å²) in [6, 6.07) is 15.8. The monoisotopic (exact) mass is 391 g/mol. The molecule has 0 unspecified atom stereocenters. The number of imidazole rings is 1. The van der Waals surface area contributed by atoms with Crippen molar-refractivity contribution in [3.05, 3.63) is 78.0 Å². The van der Waals surface area contributed by atoms with Crippen molar-refractivity contribution in [1.82, 2.24) is 25.0 Å². The van der Waals surface area contributed by atoms with Gasteiger partial charge in [0.25, 0.3) is 5.89 Å². The summed E-state index contributed by atoms with van der Waals surface area (Å²) in [6.07, 6.45) is 1.69. The fraction of sp³-hybridized carbons (Fsp3) is 0.143. The zero-order valence-corrected chi connectivity index (χ0v) is 15.7. The lowest BCUT2D eigenvalue weighted by Gasteiger charge is -2.07. The SMILES string of the molecule is Cc1nc(-c2noc(-c3ccccc3)n2)cn1CC(=O)NCc1ccccc1F. The Labute approximate surface area is 166 Å². The van der Waals surface area contributed by atoms with E-state index in [1.54, 1.807) is 35.9 Å². The Hall–Kier alpha value is -3.81. The van der Waals surface area contributed by atoms with E-state index in [9.17, 15) is 9.18 Å². The molecule has 0 aliphatic rings. The Kier molecular flexibility index (Phi) is 5.15. The maximum absolute atomic E-state index is 13.7. The number of nitrogens with zero attached hydrogens (tertiary/aromatic N) is 4. The van der Waals surface area contributed by atoms with E-state index in [-0.39, 0.29) is 24.8 Å². The summed E-state index contributed by atoms with van der Waals surface area (Å²) in [7, 11) is 0. The second-order valence-corrected chi connectivity index (χ2v) is 6.46. The molecule has 2 aromatic heterocycles. The summed E-state index contributed by atoms with van der Waals surface area (Å²) in [5.74, 6) is 0.776. The molecule has 1 N–H and O–H groups in total. The molecule has 8 heteroatoms. The van der Waals surface area contributed by atoms with Gasteiger partial charge in [-0.3, -0.25) is 4.79 Å². The molecule has 0 atom stereocenters. The number of carbonyl (C=O) groups is 1. The second kappa shape index (κ2) is 8.05. The molecule has 7 nitrogen and oxygen atoms in total. The largest absolute Gasteiger partial charge is 0.350 e. The maximum atomic E-state index is 13.7. The Balaban J connectivity index is 1.44. The molecule has 2 heterocycles. The minimum Gasteiger partial charge on any atom is -0.350 e. The molecule has 0 spiro atoms. The molecule has 0 saturated carbocycles. The molecular formula is C21H18FN5O2. The van der Waals surface area contributed by atoms with Crippen LogP contribution in [0.3, 0.4) is 0 Å². The van der Waals surface area contributed by atoms with E-state index in [4.69, 9.17) is 4.52 Å². The highest BCUT2D eigenvalue weighted by Gasteiger charge is 2.15. The minimum atomic E-state index is -0.347. The smallest absolute Gasteiger partial charge is 0.258 e. The molecule has 2 aromatic carbocycles. The van der Waals surface area contributed by atoms with Gasteiger partial charge >= 0.3 is 0 Å². The highest BCUT2D eigenvalue weighted by molar-refractivity contribution is 5.76. The standard InChI is InChI=1S/C21H18FN5O2/c1-14-24-18(20-25-21(29-26-20)15-7-3-2-4-8-15)12-27(14)13-19(28)23-11-16-9-5-6-10-17(16)22/h2-10,12H,11,13H2,1H3,(H,23,28). The lowest BCUT2D eigenvalue weighted by Crippen LogP contribution is -2.27. The van der Waals surface area contributed by atoms with Crippen LogP contribution in [0.1, 0.15) is 11.4 Å². The predicted octanol–water partition coefficient (Wildman–Crippen LogP) is 3.36. The van der Waals surface area contributed by atoms with Crippen LogP contribution in [-0.2, 0) is 17.9 Å². The van der Waals surface area contributed by atoms with Crippen molar-refractivity contribution < 1.29 is 13.7 Å². The number of carbonyl (C=O) groups excluding carboxylic acids is 1. The van der Waals surface area contributed by atoms with Gasteiger partial charge in [0.2, 0.25) is 11.7 Å². The number of rotatable bonds is 6. The molecule has 146 valence electrons. The van der Waals surface area contributed by atoms with Gasteiger partial charge in [-0.05, 0) is 25.1 Å². The van der Waals surface area contributed by atoms with Gasteiger partial charge < -0.3 is 14.4 Å². The fourth-order valence-electron chi connectivity index (χ4n) is 2.85. The van der Waals surface area contributed by atoms with Crippen LogP contribution in [0.25, 0.3) is 23.0 Å². The number of aromatic nitrogens is 4. The lowest BCUT2D eigenvalue weighted by molar-refractivity contribution is -0.121. The Morgan fingerprint density at radius 1 is 1.10 bits per heavy atom. The summed E-state index contributed by atoms with van der Waals surface area (Å²) in [4.78, 5) is 21.0. The molecular weight excluding hydrogens is 373 g/mol. The van der Waals surface area contributed by atoms with Crippen LogP contribution >= 0.6 is 0 Å². The lowest BCUT2D eigenvalue weighted by atomic mass is 10.2. The number of benzene rings is 2. The van der Waals surface area contributed by atoms with Gasteiger partial charge in [-0.25, -0.2) is 9.37 Å². The van der Waals surface area contributed by atoms with Gasteiger partial charge in [0.05, 0.1) is 0 Å². The van der Waals surface area contributed by atoms with Gasteiger partial charge in [0.15, 0.2) is 0 Å². The van der Waals surface area contributed by atoms with Crippen LogP contribution in [0.15, 0.2) is 65.3 Å². The van der Waals surface area contributed by atoms with Crippen LogP contribution in [0.2, 0.25) is 0 Å². The number of amides is 1. The Bertz CT molecular complexity index is 1140. The van der Waals surface area contributed by atoms with Crippen LogP contribution < -0.4 is 5.32 Å². The van der Waals surface area contributed by atoms with E-state index in [1.807, 2.05) is 30.3 Å². The van der Waals surface area contributed by atoms with Crippen molar-refractivity contribution in [3.63, 3.8) is 0 Å². The van der Waals surface area contributed by atoms with E-state index in [0.717, 1.165) is 5.56 Å². The normalized spacial score (nSPS) is 10.8. The first-order valence-electron chi connectivity index (χ1n) is 9.03. The topological polar surface area (TPSA) is 85.8 Å². The predicted molar refractivity (Wildman–Crippen MR) is 104 cm³/mol. The van der Waals surface area contributed by atoms with Gasteiger partial charge in [-0.15, -0.1) is 0 Å². The molecule has 0 aliphatic heterocycles. The summed E-state index contributed by atoms with van der Waals surface area (Å²) in [6.45, 7) is 1.96. The minimum absolute atomic E-state index is 0.0523. The summed E-state index contributed by atoms with van der Waals surface area (Å²) in [5, 5.41) is 6.69. The maximum Gasteiger partial charge on any atom is 0.258 e. The summed E-state index contributed by atoms with van der Waals surface area (Å²) in [5.41, 5.74) is 1.76. The fourth-order valence-corrected chi connectivity index (χ4v) is 2.85. The number of hydrogen-bond acceptors (Lipinski definition) is 5. The van der Waals surface area contributed by atoms with Crippen LogP contribution in [0, 0.1) is 12.7 Å². The zero-order valence-electron chi connectivity index (χ0n) is 15.7. The van der Waals surface area contributed by atoms with Gasteiger partial charge in [-0.1, -0.05) is 41.6 Å². The highest BCUT2D eigenvalue weighted by atomic mass is 19.1. The first-order valence-corrected chi connectivity index (χ1v) is 9.03. The molecule has 4 aromatic rings. The third kappa shape index (κ3) is 4.21. The molecule has 29 heavy (non-hydrogen) atoms. The number of aryl methyl sites for hydroxylation is 1. The van der Waals surface area contributed by atoms with Crippen LogP contribution in [-0.4, -0.2) is 25.6 Å². The summed E-state index contributed by atoms with van der Waals surface area (Å²) >= 11 is 0. The van der Waals surface area contributed by atoms with Crippen LogP contribution in [0.5, 0.6) is 0 Å². The number of hydrogen-bond donors (Lipinski definition) is 1. The zero-order chi connectivity index (χ0) is 20.2. The molecule has 0 fully saturated rings. The van der Waals surface area contributed by atoms with Crippen molar-refractivity contribution >= 4 is 5.91 Å². The first kappa shape index (κ1) is 18.5. The van der Waals surface area contributed by atoms with Crippen molar-refractivity contribution in [2.24, 2.45) is 0 Å². The summed E-state index contributed by atoms with van der Waals surface area (Å²) < 4.78 is 20.7. The van der Waals surface area contributed by atoms with Gasteiger partial charge in [-0.2, -0.15) is 4.98 Å². The highest BCUT2D eigenvalue weighted by Crippen LogP contribution is 2.21. The molecule has 1 amide bonds. The average molecular weight is 391 g/mol. The number of halogens is 1.